The Morgan fingerprint density at radius 2 is 1.67 bits per heavy atom. The van der Waals surface area contributed by atoms with Gasteiger partial charge in [0.05, 0.1) is 7.11 Å². The summed E-state index contributed by atoms with van der Waals surface area (Å²) in [5, 5.41) is 2.54. The fourth-order valence-electron chi connectivity index (χ4n) is 3.39. The minimum Gasteiger partial charge on any atom is -0.497 e. The van der Waals surface area contributed by atoms with E-state index in [1.54, 1.807) is 7.11 Å². The van der Waals surface area contributed by atoms with E-state index in [1.807, 2.05) is 6.07 Å². The predicted molar refractivity (Wildman–Crippen MR) is 93.3 cm³/mol. The molecule has 0 aliphatic heterocycles. The molecule has 0 saturated heterocycles. The first-order valence-electron chi connectivity index (χ1n) is 7.89. The average molecular weight is 347 g/mol. The molecule has 2 aromatic rings. The summed E-state index contributed by atoms with van der Waals surface area (Å²) in [4.78, 5) is 0.483. The van der Waals surface area contributed by atoms with Gasteiger partial charge >= 0.3 is 0 Å². The molecule has 1 fully saturated rings. The summed E-state index contributed by atoms with van der Waals surface area (Å²) >= 11 is 3.96. The van der Waals surface area contributed by atoms with Crippen LogP contribution in [0.15, 0.2) is 36.4 Å². The van der Waals surface area contributed by atoms with Gasteiger partial charge in [0, 0.05) is 4.83 Å². The second-order valence-electron chi connectivity index (χ2n) is 6.39. The number of fused-ring (bicyclic) bond motifs is 1. The van der Waals surface area contributed by atoms with Gasteiger partial charge in [-0.05, 0) is 53.1 Å². The van der Waals surface area contributed by atoms with E-state index < -0.39 is 0 Å². The van der Waals surface area contributed by atoms with Crippen molar-refractivity contribution in [3.8, 4) is 5.75 Å². The zero-order valence-electron chi connectivity index (χ0n) is 12.8. The molecule has 1 nitrogen and oxygen atoms in total. The molecule has 2 heteroatoms. The normalized spacial score (nSPS) is 24.0. The molecule has 1 aliphatic carbocycles. The van der Waals surface area contributed by atoms with Crippen molar-refractivity contribution < 1.29 is 4.74 Å². The largest absolute Gasteiger partial charge is 0.497 e. The SMILES string of the molecule is COc1ccc2cc(C(Br)C3CCC(C)CC3)ccc2c1. The van der Waals surface area contributed by atoms with E-state index in [4.69, 9.17) is 4.74 Å². The number of alkyl halides is 1. The standard InChI is InChI=1S/C19H23BrO/c1-13-3-5-14(6-4-13)19(20)17-8-7-16-12-18(21-2)10-9-15(16)11-17/h7-14,19H,3-6H2,1-2H3. The third-order valence-electron chi connectivity index (χ3n) is 4.86. The highest BCUT2D eigenvalue weighted by Crippen LogP contribution is 2.42. The Balaban J connectivity index is 1.83. The van der Waals surface area contributed by atoms with Gasteiger partial charge in [0.2, 0.25) is 0 Å². The lowest BCUT2D eigenvalue weighted by Gasteiger charge is -2.30. The van der Waals surface area contributed by atoms with Crippen molar-refractivity contribution in [2.45, 2.75) is 37.4 Å². The quantitative estimate of drug-likeness (QED) is 0.609. The molecule has 0 amide bonds. The van der Waals surface area contributed by atoms with E-state index in [-0.39, 0.29) is 0 Å². The Labute approximate surface area is 135 Å². The molecule has 0 aromatic heterocycles. The number of halogens is 1. The monoisotopic (exact) mass is 346 g/mol. The molecule has 0 heterocycles. The van der Waals surface area contributed by atoms with Crippen molar-refractivity contribution in [3.05, 3.63) is 42.0 Å². The van der Waals surface area contributed by atoms with Gasteiger partial charge in [0.1, 0.15) is 5.75 Å². The van der Waals surface area contributed by atoms with Crippen molar-refractivity contribution in [1.82, 2.24) is 0 Å². The van der Waals surface area contributed by atoms with Crippen LogP contribution in [0.25, 0.3) is 10.8 Å². The minimum atomic E-state index is 0.483. The first-order valence-corrected chi connectivity index (χ1v) is 8.80. The van der Waals surface area contributed by atoms with Gasteiger partial charge in [-0.25, -0.2) is 0 Å². The molecule has 0 N–H and O–H groups in total. The van der Waals surface area contributed by atoms with E-state index in [2.05, 4.69) is 53.2 Å². The molecular formula is C19H23BrO. The zero-order chi connectivity index (χ0) is 14.8. The van der Waals surface area contributed by atoms with Crippen LogP contribution < -0.4 is 4.74 Å². The molecule has 1 aliphatic rings. The lowest BCUT2D eigenvalue weighted by molar-refractivity contribution is 0.287. The average Bonchev–Trinajstić information content (AvgIpc) is 2.54. The van der Waals surface area contributed by atoms with Crippen molar-refractivity contribution in [2.24, 2.45) is 11.8 Å². The first kappa shape index (κ1) is 14.9. The van der Waals surface area contributed by atoms with E-state index in [9.17, 15) is 0 Å². The summed E-state index contributed by atoms with van der Waals surface area (Å²) < 4.78 is 5.30. The zero-order valence-corrected chi connectivity index (χ0v) is 14.4. The van der Waals surface area contributed by atoms with E-state index in [0.29, 0.717) is 4.83 Å². The molecule has 2 aromatic carbocycles. The summed E-state index contributed by atoms with van der Waals surface area (Å²) in [5.41, 5.74) is 1.41. The molecule has 21 heavy (non-hydrogen) atoms. The molecular weight excluding hydrogens is 324 g/mol. The molecule has 3 rings (SSSR count). The van der Waals surface area contributed by atoms with Crippen LogP contribution in [0, 0.1) is 11.8 Å². The maximum Gasteiger partial charge on any atom is 0.119 e. The fraction of sp³-hybridized carbons (Fsp3) is 0.474. The molecule has 1 unspecified atom stereocenters. The van der Waals surface area contributed by atoms with Gasteiger partial charge in [-0.1, -0.05) is 60.0 Å². The molecule has 0 radical (unpaired) electrons. The maximum absolute atomic E-state index is 5.30. The van der Waals surface area contributed by atoms with Crippen molar-refractivity contribution in [2.75, 3.05) is 7.11 Å². The van der Waals surface area contributed by atoms with E-state index in [0.717, 1.165) is 17.6 Å². The van der Waals surface area contributed by atoms with E-state index >= 15 is 0 Å². The molecule has 0 spiro atoms. The number of rotatable bonds is 3. The van der Waals surface area contributed by atoms with Crippen LogP contribution in [0.5, 0.6) is 5.75 Å². The van der Waals surface area contributed by atoms with Crippen molar-refractivity contribution >= 4 is 26.7 Å². The molecule has 112 valence electrons. The topological polar surface area (TPSA) is 9.23 Å². The number of benzene rings is 2. The number of methoxy groups -OCH3 is 1. The van der Waals surface area contributed by atoms with Crippen LogP contribution in [0.4, 0.5) is 0 Å². The van der Waals surface area contributed by atoms with Crippen LogP contribution in [0.3, 0.4) is 0 Å². The molecule has 1 saturated carbocycles. The third-order valence-corrected chi connectivity index (χ3v) is 6.14. The maximum atomic E-state index is 5.30. The summed E-state index contributed by atoms with van der Waals surface area (Å²) in [6.45, 7) is 2.38. The van der Waals surface area contributed by atoms with Gasteiger partial charge in [-0.15, -0.1) is 0 Å². The van der Waals surface area contributed by atoms with Crippen LogP contribution in [-0.2, 0) is 0 Å². The highest BCUT2D eigenvalue weighted by atomic mass is 79.9. The highest BCUT2D eigenvalue weighted by Gasteiger charge is 2.25. The highest BCUT2D eigenvalue weighted by molar-refractivity contribution is 9.09. The Morgan fingerprint density at radius 1 is 1.00 bits per heavy atom. The lowest BCUT2D eigenvalue weighted by atomic mass is 9.80. The number of ether oxygens (including phenoxy) is 1. The van der Waals surface area contributed by atoms with Crippen molar-refractivity contribution in [1.29, 1.82) is 0 Å². The number of hydrogen-bond acceptors (Lipinski definition) is 1. The van der Waals surface area contributed by atoms with E-state index in [1.165, 1.54) is 42.0 Å². The van der Waals surface area contributed by atoms with Gasteiger partial charge in [-0.3, -0.25) is 0 Å². The second kappa shape index (κ2) is 6.39. The van der Waals surface area contributed by atoms with Gasteiger partial charge in [-0.2, -0.15) is 0 Å². The summed E-state index contributed by atoms with van der Waals surface area (Å²) in [6, 6.07) is 13.1. The van der Waals surface area contributed by atoms with Crippen LogP contribution in [0.2, 0.25) is 0 Å². The molecule has 1 atom stereocenters. The first-order chi connectivity index (χ1) is 10.2. The second-order valence-corrected chi connectivity index (χ2v) is 7.38. The third kappa shape index (κ3) is 3.26. The Bertz CT molecular complexity index is 614. The van der Waals surface area contributed by atoms with Crippen LogP contribution >= 0.6 is 15.9 Å². The van der Waals surface area contributed by atoms with Crippen LogP contribution in [-0.4, -0.2) is 7.11 Å². The van der Waals surface area contributed by atoms with Gasteiger partial charge < -0.3 is 4.74 Å². The Kier molecular flexibility index (Phi) is 4.54. The number of hydrogen-bond donors (Lipinski definition) is 0. The summed E-state index contributed by atoms with van der Waals surface area (Å²) in [6.07, 6.45) is 5.44. The Morgan fingerprint density at radius 3 is 2.38 bits per heavy atom. The fourth-order valence-corrected chi connectivity index (χ4v) is 4.20. The van der Waals surface area contributed by atoms with Gasteiger partial charge in [0.25, 0.3) is 0 Å². The predicted octanol–water partition coefficient (Wildman–Crippen LogP) is 6.11. The summed E-state index contributed by atoms with van der Waals surface area (Å²) in [7, 11) is 1.72. The minimum absolute atomic E-state index is 0.483. The molecule has 0 bridgehead atoms. The Hall–Kier alpha value is -1.02. The summed E-state index contributed by atoms with van der Waals surface area (Å²) in [5.74, 6) is 2.61. The van der Waals surface area contributed by atoms with Crippen LogP contribution in [0.1, 0.15) is 43.0 Å². The smallest absolute Gasteiger partial charge is 0.119 e. The van der Waals surface area contributed by atoms with Gasteiger partial charge in [0.15, 0.2) is 0 Å². The lowest BCUT2D eigenvalue weighted by Crippen LogP contribution is -2.16. The van der Waals surface area contributed by atoms with Crippen molar-refractivity contribution in [3.63, 3.8) is 0 Å².